The molecule has 0 bridgehead atoms. The molecule has 12 nitrogen and oxygen atoms in total. The first-order valence-corrected chi connectivity index (χ1v) is 10.7. The van der Waals surface area contributed by atoms with Crippen LogP contribution in [0.2, 0.25) is 0 Å². The minimum atomic E-state index is -1.71. The highest BCUT2D eigenvalue weighted by Crippen LogP contribution is 2.31. The van der Waals surface area contributed by atoms with Crippen molar-refractivity contribution >= 4 is 29.6 Å². The van der Waals surface area contributed by atoms with E-state index in [0.717, 1.165) is 38.9 Å². The van der Waals surface area contributed by atoms with E-state index in [0.29, 0.717) is 12.1 Å². The van der Waals surface area contributed by atoms with Gasteiger partial charge in [-0.25, -0.2) is 19.0 Å². The molecule has 1 heterocycles. The quantitative estimate of drug-likeness (QED) is 0.157. The van der Waals surface area contributed by atoms with Crippen LogP contribution in [-0.4, -0.2) is 66.1 Å². The molecule has 1 aromatic rings. The normalized spacial score (nSPS) is 23.6. The molecule has 5 unspecified atom stereocenters. The summed E-state index contributed by atoms with van der Waals surface area (Å²) in [6.45, 7) is 3.72. The molecule has 0 saturated carbocycles. The Morgan fingerprint density at radius 1 is 0.919 bits per heavy atom. The van der Waals surface area contributed by atoms with Gasteiger partial charge in [-0.3, -0.25) is 19.2 Å². The van der Waals surface area contributed by atoms with Gasteiger partial charge in [-0.1, -0.05) is 0 Å². The second kappa shape index (κ2) is 12.4. The summed E-state index contributed by atoms with van der Waals surface area (Å²) in [5.74, 6) is -1.88. The summed E-state index contributed by atoms with van der Waals surface area (Å²) in [6.07, 6.45) is -4.96. The summed E-state index contributed by atoms with van der Waals surface area (Å²) in [5, 5.41) is 0.773. The van der Waals surface area contributed by atoms with E-state index >= 15 is 0 Å². The molecule has 1 fully saturated rings. The van der Waals surface area contributed by atoms with E-state index in [-0.39, 0.29) is 11.3 Å². The number of hydrazine groups is 1. The number of carbonyl (C=O) groups is 4. The highest BCUT2D eigenvalue weighted by Gasteiger charge is 2.53. The van der Waals surface area contributed by atoms with Crippen molar-refractivity contribution in [2.45, 2.75) is 58.3 Å². The second-order valence-electron chi connectivity index (χ2n) is 7.88. The van der Waals surface area contributed by atoms with Crippen LogP contribution in [0.3, 0.4) is 0 Å². The second-order valence-corrected chi connectivity index (χ2v) is 7.88. The Morgan fingerprint density at radius 2 is 1.43 bits per heavy atom. The van der Waals surface area contributed by atoms with Gasteiger partial charge in [0, 0.05) is 39.5 Å². The maximum Gasteiger partial charge on any atom is 0.305 e. The summed E-state index contributed by atoms with van der Waals surface area (Å²) >= 11 is 0. The van der Waals surface area contributed by atoms with Crippen LogP contribution in [0.25, 0.3) is 5.70 Å². The molecule has 0 amide bonds. The highest BCUT2D eigenvalue weighted by atomic mass is 19.2. The van der Waals surface area contributed by atoms with Crippen LogP contribution in [0.4, 0.5) is 13.2 Å². The van der Waals surface area contributed by atoms with Crippen LogP contribution in [0, 0.1) is 17.5 Å². The smallest absolute Gasteiger partial charge is 0.305 e. The fourth-order valence-corrected chi connectivity index (χ4v) is 3.52. The molecule has 1 aliphatic heterocycles. The van der Waals surface area contributed by atoms with Crippen LogP contribution in [0.15, 0.2) is 18.3 Å². The first kappa shape index (κ1) is 29.4. The van der Waals surface area contributed by atoms with E-state index < -0.39 is 78.6 Å². The summed E-state index contributed by atoms with van der Waals surface area (Å²) in [7, 11) is 0. The van der Waals surface area contributed by atoms with Gasteiger partial charge in [0.05, 0.1) is 5.70 Å². The topological polar surface area (TPSA) is 170 Å². The average Bonchev–Trinajstić information content (AvgIpc) is 2.76. The Balaban J connectivity index is 2.60. The van der Waals surface area contributed by atoms with Crippen LogP contribution in [-0.2, 0) is 42.9 Å². The van der Waals surface area contributed by atoms with E-state index in [4.69, 9.17) is 35.3 Å². The Hall–Kier alpha value is -3.85. The fourth-order valence-electron chi connectivity index (χ4n) is 3.52. The number of carbonyl (C=O) groups excluding carboxylic acids is 4. The number of hydrogen-bond donors (Lipinski definition) is 2. The van der Waals surface area contributed by atoms with Crippen LogP contribution >= 0.6 is 0 Å². The maximum atomic E-state index is 13.7. The van der Waals surface area contributed by atoms with Crippen molar-refractivity contribution < 1.29 is 56.0 Å². The lowest BCUT2D eigenvalue weighted by molar-refractivity contribution is -0.286. The molecular formula is C22H26F3N3O9. The predicted molar refractivity (Wildman–Crippen MR) is 116 cm³/mol. The summed E-state index contributed by atoms with van der Waals surface area (Å²) in [4.78, 5) is 46.9. The molecule has 0 spiro atoms. The zero-order valence-electron chi connectivity index (χ0n) is 20.2. The monoisotopic (exact) mass is 533 g/mol. The third kappa shape index (κ3) is 7.82. The Labute approximate surface area is 209 Å². The van der Waals surface area contributed by atoms with E-state index in [1.54, 1.807) is 0 Å². The molecular weight excluding hydrogens is 507 g/mol. The van der Waals surface area contributed by atoms with Crippen molar-refractivity contribution in [2.24, 2.45) is 11.6 Å². The summed E-state index contributed by atoms with van der Waals surface area (Å²) < 4.78 is 67.1. The van der Waals surface area contributed by atoms with Crippen molar-refractivity contribution in [3.05, 3.63) is 41.3 Å². The zero-order chi connectivity index (χ0) is 28.0. The van der Waals surface area contributed by atoms with Gasteiger partial charge in [-0.15, -0.1) is 0 Å². The Kier molecular flexibility index (Phi) is 9.85. The molecule has 204 valence electrons. The number of nitrogens with two attached hydrogens (primary N) is 2. The first-order chi connectivity index (χ1) is 17.2. The first-order valence-electron chi connectivity index (χ1n) is 10.7. The van der Waals surface area contributed by atoms with Crippen molar-refractivity contribution in [1.82, 2.24) is 5.01 Å². The predicted octanol–water partition coefficient (Wildman–Crippen LogP) is 0.620. The van der Waals surface area contributed by atoms with Gasteiger partial charge in [0.2, 0.25) is 6.29 Å². The van der Waals surface area contributed by atoms with Crippen LogP contribution < -0.4 is 11.6 Å². The number of esters is 4. The van der Waals surface area contributed by atoms with Gasteiger partial charge in [-0.05, 0) is 12.1 Å². The van der Waals surface area contributed by atoms with Gasteiger partial charge in [0.1, 0.15) is 18.8 Å². The largest absolute Gasteiger partial charge is 0.463 e. The highest BCUT2D eigenvalue weighted by molar-refractivity contribution is 5.68. The number of nitrogens with zero attached hydrogens (tertiary/aromatic N) is 1. The van der Waals surface area contributed by atoms with Gasteiger partial charge >= 0.3 is 23.9 Å². The molecule has 4 N–H and O–H groups in total. The number of halogens is 3. The SMILES string of the molecule is CC(=O)OCC1OC(OC(C)=O)C(OC(C)=O)C(N(N)/C=C(\N)c2cc(F)c(F)c(F)c2)C1OC(C)=O. The maximum absolute atomic E-state index is 13.7. The van der Waals surface area contributed by atoms with Gasteiger partial charge in [0.25, 0.3) is 0 Å². The molecule has 0 aromatic heterocycles. The van der Waals surface area contributed by atoms with Crippen molar-refractivity contribution in [2.75, 3.05) is 6.61 Å². The van der Waals surface area contributed by atoms with Gasteiger partial charge < -0.3 is 34.4 Å². The van der Waals surface area contributed by atoms with Gasteiger partial charge in [0.15, 0.2) is 29.7 Å². The van der Waals surface area contributed by atoms with Crippen molar-refractivity contribution in [1.29, 1.82) is 0 Å². The number of hydrogen-bond acceptors (Lipinski definition) is 12. The van der Waals surface area contributed by atoms with Crippen LogP contribution in [0.5, 0.6) is 0 Å². The third-order valence-electron chi connectivity index (χ3n) is 4.90. The molecule has 37 heavy (non-hydrogen) atoms. The molecule has 1 saturated heterocycles. The van der Waals surface area contributed by atoms with E-state index in [1.165, 1.54) is 0 Å². The summed E-state index contributed by atoms with van der Waals surface area (Å²) in [5.41, 5.74) is 5.23. The fraction of sp³-hybridized carbons (Fsp3) is 0.455. The molecule has 0 radical (unpaired) electrons. The molecule has 1 aliphatic rings. The number of ether oxygens (including phenoxy) is 5. The molecule has 0 aliphatic carbocycles. The van der Waals surface area contributed by atoms with Crippen LogP contribution in [0.1, 0.15) is 33.3 Å². The van der Waals surface area contributed by atoms with Gasteiger partial charge in [-0.2, -0.15) is 0 Å². The molecule has 2 rings (SSSR count). The van der Waals surface area contributed by atoms with Crippen molar-refractivity contribution in [3.8, 4) is 0 Å². The Bertz CT molecular complexity index is 1060. The minimum Gasteiger partial charge on any atom is -0.463 e. The lowest BCUT2D eigenvalue weighted by atomic mass is 9.95. The Morgan fingerprint density at radius 3 is 1.92 bits per heavy atom. The van der Waals surface area contributed by atoms with Crippen molar-refractivity contribution in [3.63, 3.8) is 0 Å². The standard InChI is InChI=1S/C22H26F3N3O9/c1-9(29)33-8-17-20(34-10(2)30)19(21(35-11(3)31)22(37-17)36-12(4)32)28(27)7-16(26)13-5-14(23)18(25)15(24)6-13/h5-7,17,19-22H,8,26-27H2,1-4H3/b16-7-. The lowest BCUT2D eigenvalue weighted by Crippen LogP contribution is -2.67. The molecule has 15 heteroatoms. The van der Waals surface area contributed by atoms with E-state index in [2.05, 4.69) is 0 Å². The molecule has 1 aromatic carbocycles. The summed E-state index contributed by atoms with van der Waals surface area (Å²) in [6, 6.07) is -0.194. The number of rotatable bonds is 8. The average molecular weight is 533 g/mol. The third-order valence-corrected chi connectivity index (χ3v) is 4.90. The molecule has 5 atom stereocenters. The zero-order valence-corrected chi connectivity index (χ0v) is 20.2. The van der Waals surface area contributed by atoms with E-state index in [9.17, 15) is 32.3 Å². The van der Waals surface area contributed by atoms with E-state index in [1.807, 2.05) is 0 Å². The number of benzene rings is 1. The minimum absolute atomic E-state index is 0.306. The lowest BCUT2D eigenvalue weighted by Gasteiger charge is -2.46.